The number of fused-ring (bicyclic) bond motifs is 15. The van der Waals surface area contributed by atoms with Crippen LogP contribution in [-0.2, 0) is 0 Å². The number of aromatic nitrogens is 4. The summed E-state index contributed by atoms with van der Waals surface area (Å²) in [5.41, 5.74) is 10.1. The van der Waals surface area contributed by atoms with Crippen molar-refractivity contribution in [3.8, 4) is 28.3 Å². The Kier molecular flexibility index (Phi) is 5.24. The molecule has 0 radical (unpaired) electrons. The lowest BCUT2D eigenvalue weighted by atomic mass is 9.97. The molecule has 0 aliphatic carbocycles. The maximum Gasteiger partial charge on any atom is 0.235 e. The molecule has 0 atom stereocenters. The van der Waals surface area contributed by atoms with Crippen molar-refractivity contribution in [3.63, 3.8) is 0 Å². The van der Waals surface area contributed by atoms with E-state index >= 15 is 0 Å². The van der Waals surface area contributed by atoms with E-state index in [9.17, 15) is 0 Å². The van der Waals surface area contributed by atoms with Crippen LogP contribution in [0.5, 0.6) is 0 Å². The fourth-order valence-electron chi connectivity index (χ4n) is 8.79. The number of nitrogens with zero attached hydrogens (tertiary/aromatic N) is 3. The van der Waals surface area contributed by atoms with Crippen LogP contribution in [0.2, 0.25) is 13.1 Å². The minimum absolute atomic E-state index is 0.676. The van der Waals surface area contributed by atoms with Crippen LogP contribution in [0.1, 0.15) is 0 Å². The van der Waals surface area contributed by atoms with Crippen LogP contribution >= 0.6 is 0 Å². The minimum Gasteiger partial charge on any atom is -0.353 e. The first-order chi connectivity index (χ1) is 24.1. The van der Waals surface area contributed by atoms with Gasteiger partial charge in [-0.1, -0.05) is 134 Å². The molecule has 1 N–H and O–H groups in total. The largest absolute Gasteiger partial charge is 0.353 e. The predicted molar refractivity (Wildman–Crippen MR) is 208 cm³/mol. The summed E-state index contributed by atoms with van der Waals surface area (Å²) < 4.78 is 2.31. The molecule has 0 amide bonds. The van der Waals surface area contributed by atoms with Crippen LogP contribution in [0.15, 0.2) is 140 Å². The first kappa shape index (κ1) is 27.0. The Hall–Kier alpha value is -6.04. The molecule has 0 spiro atoms. The second-order valence-electron chi connectivity index (χ2n) is 13.8. The van der Waals surface area contributed by atoms with E-state index in [2.05, 4.69) is 162 Å². The van der Waals surface area contributed by atoms with Crippen LogP contribution in [0.4, 0.5) is 0 Å². The highest BCUT2D eigenvalue weighted by Crippen LogP contribution is 2.45. The van der Waals surface area contributed by atoms with E-state index in [0.717, 1.165) is 44.2 Å². The molecule has 0 unspecified atom stereocenters. The van der Waals surface area contributed by atoms with Crippen molar-refractivity contribution in [2.75, 3.05) is 0 Å². The monoisotopic (exact) mass is 642 g/mol. The van der Waals surface area contributed by atoms with Gasteiger partial charge in [-0.3, -0.25) is 4.57 Å². The number of benzene rings is 7. The summed E-state index contributed by atoms with van der Waals surface area (Å²) in [6.45, 7) is 4.93. The molecule has 49 heavy (non-hydrogen) atoms. The molecule has 0 saturated heterocycles. The molecule has 1 aliphatic rings. The first-order valence-corrected chi connectivity index (χ1v) is 19.9. The molecule has 3 aromatic heterocycles. The Balaban J connectivity index is 1.35. The zero-order valence-corrected chi connectivity index (χ0v) is 28.1. The lowest BCUT2D eigenvalue weighted by Gasteiger charge is -2.19. The number of H-pyrrole nitrogens is 1. The van der Waals surface area contributed by atoms with Crippen LogP contribution in [0.3, 0.4) is 0 Å². The number of aromatic amines is 1. The van der Waals surface area contributed by atoms with Crippen molar-refractivity contribution in [2.45, 2.75) is 13.1 Å². The van der Waals surface area contributed by atoms with E-state index in [1.54, 1.807) is 0 Å². The lowest BCUT2D eigenvalue weighted by molar-refractivity contribution is 1.02. The molecule has 0 fully saturated rings. The molecular weight excluding hydrogens is 613 g/mol. The van der Waals surface area contributed by atoms with Crippen molar-refractivity contribution >= 4 is 83.7 Å². The highest BCUT2D eigenvalue weighted by atomic mass is 28.3. The molecule has 7 aromatic carbocycles. The number of hydrogen-bond donors (Lipinski definition) is 1. The molecule has 5 heteroatoms. The van der Waals surface area contributed by atoms with E-state index in [0.29, 0.717) is 5.95 Å². The summed E-state index contributed by atoms with van der Waals surface area (Å²) >= 11 is 0. The Bertz CT molecular complexity index is 3020. The van der Waals surface area contributed by atoms with Gasteiger partial charge in [0.2, 0.25) is 5.95 Å². The minimum atomic E-state index is -1.90. The van der Waals surface area contributed by atoms with Gasteiger partial charge in [-0.05, 0) is 50.5 Å². The molecule has 10 aromatic rings. The molecular formula is C44H30N4Si. The molecule has 0 bridgehead atoms. The molecule has 4 nitrogen and oxygen atoms in total. The van der Waals surface area contributed by atoms with E-state index < -0.39 is 8.07 Å². The zero-order valence-electron chi connectivity index (χ0n) is 27.1. The highest BCUT2D eigenvalue weighted by molar-refractivity contribution is 7.04. The molecule has 1 aliphatic heterocycles. The maximum atomic E-state index is 5.61. The number of para-hydroxylation sites is 2. The average Bonchev–Trinajstić information content (AvgIpc) is 3.78. The SMILES string of the molecule is C[Si]1(C)c2ccccc2-c2c1ccc1nc(-n3c4ccccc4c4c5ccccc5c5c6ccccc6[nH]c5c43)nc(-c3ccccc3)c21. The van der Waals surface area contributed by atoms with Gasteiger partial charge in [-0.15, -0.1) is 0 Å². The van der Waals surface area contributed by atoms with E-state index in [-0.39, 0.29) is 0 Å². The summed E-state index contributed by atoms with van der Waals surface area (Å²) in [4.78, 5) is 15.0. The molecule has 4 heterocycles. The smallest absolute Gasteiger partial charge is 0.235 e. The fraction of sp³-hybridized carbons (Fsp3) is 0.0455. The molecule has 11 rings (SSSR count). The van der Waals surface area contributed by atoms with E-state index in [1.165, 1.54) is 53.8 Å². The van der Waals surface area contributed by atoms with Crippen molar-refractivity contribution in [3.05, 3.63) is 140 Å². The van der Waals surface area contributed by atoms with Gasteiger partial charge >= 0.3 is 0 Å². The van der Waals surface area contributed by atoms with Crippen LogP contribution < -0.4 is 10.4 Å². The van der Waals surface area contributed by atoms with Crippen LogP contribution in [-0.4, -0.2) is 27.6 Å². The third kappa shape index (κ3) is 3.47. The number of hydrogen-bond acceptors (Lipinski definition) is 2. The zero-order chi connectivity index (χ0) is 32.4. The Morgan fingerprint density at radius 1 is 0.551 bits per heavy atom. The predicted octanol–water partition coefficient (Wildman–Crippen LogP) is 9.98. The Morgan fingerprint density at radius 3 is 2.06 bits per heavy atom. The van der Waals surface area contributed by atoms with Crippen molar-refractivity contribution in [1.82, 2.24) is 19.5 Å². The van der Waals surface area contributed by atoms with Crippen molar-refractivity contribution in [1.29, 1.82) is 0 Å². The molecule has 0 saturated carbocycles. The normalized spacial score (nSPS) is 13.7. The fourth-order valence-corrected chi connectivity index (χ4v) is 11.9. The van der Waals surface area contributed by atoms with Crippen molar-refractivity contribution < 1.29 is 0 Å². The standard InChI is InChI=1S/C44H30N4Si/c1-49(2)35-23-13-10-20-31(35)39-36(49)25-24-33-40(39)41(26-14-4-3-5-15-26)47-44(46-33)48-34-22-12-9-19-30(34)38-28-17-7-6-16-27(28)37-29-18-8-11-21-32(29)45-42(37)43(38)48/h3-25,45H,1-2H3. The number of nitrogens with one attached hydrogen (secondary N) is 1. The highest BCUT2D eigenvalue weighted by Gasteiger charge is 2.39. The van der Waals surface area contributed by atoms with E-state index in [1.807, 2.05) is 0 Å². The second kappa shape index (κ2) is 9.53. The third-order valence-electron chi connectivity index (χ3n) is 10.9. The Morgan fingerprint density at radius 2 is 1.22 bits per heavy atom. The topological polar surface area (TPSA) is 46.5 Å². The van der Waals surface area contributed by atoms with Gasteiger partial charge in [0.15, 0.2) is 0 Å². The number of rotatable bonds is 2. The maximum absolute atomic E-state index is 5.61. The Labute approximate surface area is 283 Å². The van der Waals surface area contributed by atoms with Gasteiger partial charge in [0.25, 0.3) is 0 Å². The van der Waals surface area contributed by atoms with Gasteiger partial charge in [0.05, 0.1) is 27.8 Å². The second-order valence-corrected chi connectivity index (χ2v) is 18.2. The summed E-state index contributed by atoms with van der Waals surface area (Å²) in [5, 5.41) is 11.4. The summed E-state index contributed by atoms with van der Waals surface area (Å²) in [7, 11) is -1.90. The third-order valence-corrected chi connectivity index (χ3v) is 14.5. The lowest BCUT2D eigenvalue weighted by Crippen LogP contribution is -2.49. The van der Waals surface area contributed by atoms with Gasteiger partial charge in [-0.25, -0.2) is 9.97 Å². The van der Waals surface area contributed by atoms with E-state index in [4.69, 9.17) is 9.97 Å². The summed E-state index contributed by atoms with van der Waals surface area (Å²) in [6, 6.07) is 50.4. The summed E-state index contributed by atoms with van der Waals surface area (Å²) in [5.74, 6) is 0.676. The van der Waals surface area contributed by atoms with Crippen molar-refractivity contribution in [2.24, 2.45) is 0 Å². The van der Waals surface area contributed by atoms with Gasteiger partial charge in [0, 0.05) is 38.0 Å². The van der Waals surface area contributed by atoms with Gasteiger partial charge in [0.1, 0.15) is 8.07 Å². The van der Waals surface area contributed by atoms with Gasteiger partial charge in [-0.2, -0.15) is 0 Å². The molecule has 230 valence electrons. The van der Waals surface area contributed by atoms with Crippen LogP contribution in [0, 0.1) is 0 Å². The quantitative estimate of drug-likeness (QED) is 0.191. The first-order valence-electron chi connectivity index (χ1n) is 16.9. The summed E-state index contributed by atoms with van der Waals surface area (Å²) in [6.07, 6.45) is 0. The van der Waals surface area contributed by atoms with Gasteiger partial charge < -0.3 is 4.98 Å². The van der Waals surface area contributed by atoms with Crippen LogP contribution in [0.25, 0.3) is 93.6 Å². The average molecular weight is 643 g/mol.